The molecule has 0 rings (SSSR count). The number of unbranched alkanes of at least 4 members (excludes halogenated alkanes) is 33. The summed E-state index contributed by atoms with van der Waals surface area (Å²) in [6.07, 6.45) is 48.5. The van der Waals surface area contributed by atoms with Crippen LogP contribution in [0.5, 0.6) is 0 Å². The van der Waals surface area contributed by atoms with Crippen LogP contribution in [0.3, 0.4) is 0 Å². The molecule has 366 valence electrons. The SMILES string of the molecule is CCCCCCCC/C=C\CCCCCCCC(=O)OC(COC(=O)CCCCCCCCCCCCCCCCCCCCCCCCC)COP(=O)(O)OCC(N)C(=O)O. The molecule has 0 aromatic rings. The van der Waals surface area contributed by atoms with Gasteiger partial charge in [-0.2, -0.15) is 0 Å². The number of phosphoric acid groups is 1. The highest BCUT2D eigenvalue weighted by Gasteiger charge is 2.28. The Balaban J connectivity index is 4.16. The van der Waals surface area contributed by atoms with Gasteiger partial charge in [0.1, 0.15) is 12.6 Å². The zero-order valence-electron chi connectivity index (χ0n) is 40.0. The Morgan fingerprint density at radius 2 is 0.806 bits per heavy atom. The van der Waals surface area contributed by atoms with E-state index in [0.717, 1.165) is 57.8 Å². The van der Waals surface area contributed by atoms with Crippen LogP contribution in [0.1, 0.15) is 258 Å². The summed E-state index contributed by atoms with van der Waals surface area (Å²) in [4.78, 5) is 46.1. The molecule has 0 aliphatic carbocycles. The number of hydrogen-bond donors (Lipinski definition) is 3. The van der Waals surface area contributed by atoms with Crippen molar-refractivity contribution in [2.45, 2.75) is 270 Å². The highest BCUT2D eigenvalue weighted by Crippen LogP contribution is 2.43. The first-order chi connectivity index (χ1) is 30.1. The predicted molar refractivity (Wildman–Crippen MR) is 254 cm³/mol. The minimum absolute atomic E-state index is 0.156. The lowest BCUT2D eigenvalue weighted by Crippen LogP contribution is -2.34. The molecule has 0 radical (unpaired) electrons. The van der Waals surface area contributed by atoms with Crippen LogP contribution in [-0.2, 0) is 37.5 Å². The maximum absolute atomic E-state index is 12.7. The van der Waals surface area contributed by atoms with E-state index in [1.165, 1.54) is 161 Å². The number of ether oxygens (including phenoxy) is 2. The lowest BCUT2D eigenvalue weighted by Gasteiger charge is -2.20. The molecule has 3 unspecified atom stereocenters. The van der Waals surface area contributed by atoms with E-state index in [-0.39, 0.29) is 19.4 Å². The molecule has 4 N–H and O–H groups in total. The van der Waals surface area contributed by atoms with Crippen molar-refractivity contribution < 1.29 is 47.5 Å². The number of phosphoric ester groups is 1. The van der Waals surface area contributed by atoms with Gasteiger partial charge in [-0.15, -0.1) is 0 Å². The number of nitrogens with two attached hydrogens (primary N) is 1. The van der Waals surface area contributed by atoms with Crippen molar-refractivity contribution in [2.75, 3.05) is 19.8 Å². The number of carbonyl (C=O) groups excluding carboxylic acids is 2. The van der Waals surface area contributed by atoms with Crippen molar-refractivity contribution in [2.24, 2.45) is 5.73 Å². The smallest absolute Gasteiger partial charge is 0.472 e. The maximum Gasteiger partial charge on any atom is 0.472 e. The fourth-order valence-corrected chi connectivity index (χ4v) is 8.25. The molecule has 3 atom stereocenters. The van der Waals surface area contributed by atoms with E-state index < -0.39 is 51.1 Å². The third-order valence-corrected chi connectivity index (χ3v) is 12.5. The van der Waals surface area contributed by atoms with E-state index in [1.54, 1.807) is 0 Å². The van der Waals surface area contributed by atoms with Crippen LogP contribution in [0.4, 0.5) is 0 Å². The molecular formula is C50H96NO10P. The molecule has 62 heavy (non-hydrogen) atoms. The molecule has 0 bridgehead atoms. The van der Waals surface area contributed by atoms with Gasteiger partial charge >= 0.3 is 25.7 Å². The Labute approximate surface area is 379 Å². The average molecular weight is 902 g/mol. The summed E-state index contributed by atoms with van der Waals surface area (Å²) in [5, 5.41) is 8.91. The quantitative estimate of drug-likeness (QED) is 0.0230. The Hall–Kier alpha value is -1.78. The summed E-state index contributed by atoms with van der Waals surface area (Å²) >= 11 is 0. The predicted octanol–water partition coefficient (Wildman–Crippen LogP) is 14.4. The largest absolute Gasteiger partial charge is 0.480 e. The van der Waals surface area contributed by atoms with Gasteiger partial charge in [-0.25, -0.2) is 4.57 Å². The van der Waals surface area contributed by atoms with Gasteiger partial charge in [0.2, 0.25) is 0 Å². The van der Waals surface area contributed by atoms with Gasteiger partial charge in [-0.3, -0.25) is 23.4 Å². The number of carboxylic acids is 1. The van der Waals surface area contributed by atoms with Crippen molar-refractivity contribution in [3.63, 3.8) is 0 Å². The molecule has 0 aliphatic heterocycles. The average Bonchev–Trinajstić information content (AvgIpc) is 3.25. The molecule has 11 nitrogen and oxygen atoms in total. The molecular weight excluding hydrogens is 806 g/mol. The van der Waals surface area contributed by atoms with Gasteiger partial charge in [0, 0.05) is 12.8 Å². The van der Waals surface area contributed by atoms with Gasteiger partial charge in [-0.1, -0.05) is 219 Å². The lowest BCUT2D eigenvalue weighted by atomic mass is 10.0. The molecule has 0 aromatic carbocycles. The van der Waals surface area contributed by atoms with Crippen molar-refractivity contribution >= 4 is 25.7 Å². The second-order valence-corrected chi connectivity index (χ2v) is 19.1. The topological polar surface area (TPSA) is 172 Å². The molecule has 0 amide bonds. The lowest BCUT2D eigenvalue weighted by molar-refractivity contribution is -0.161. The first-order valence-electron chi connectivity index (χ1n) is 25.7. The number of hydrogen-bond acceptors (Lipinski definition) is 9. The normalized spacial score (nSPS) is 13.6. The fraction of sp³-hybridized carbons (Fsp3) is 0.900. The maximum atomic E-state index is 12.7. The van der Waals surface area contributed by atoms with E-state index in [1.807, 2.05) is 0 Å². The number of allylic oxidation sites excluding steroid dienone is 2. The van der Waals surface area contributed by atoms with E-state index in [2.05, 4.69) is 30.5 Å². The molecule has 0 heterocycles. The summed E-state index contributed by atoms with van der Waals surface area (Å²) in [7, 11) is -4.72. The summed E-state index contributed by atoms with van der Waals surface area (Å²) in [6.45, 7) is 2.84. The Kier molecular flexibility index (Phi) is 44.5. The van der Waals surface area contributed by atoms with Crippen LogP contribution >= 0.6 is 7.82 Å². The van der Waals surface area contributed by atoms with Crippen LogP contribution < -0.4 is 5.73 Å². The van der Waals surface area contributed by atoms with Crippen molar-refractivity contribution in [3.8, 4) is 0 Å². The first kappa shape index (κ1) is 60.2. The van der Waals surface area contributed by atoms with Crippen LogP contribution in [0.25, 0.3) is 0 Å². The third-order valence-electron chi connectivity index (χ3n) is 11.5. The van der Waals surface area contributed by atoms with E-state index in [0.29, 0.717) is 12.8 Å². The van der Waals surface area contributed by atoms with Gasteiger partial charge in [0.25, 0.3) is 0 Å². The van der Waals surface area contributed by atoms with Crippen LogP contribution in [0.15, 0.2) is 12.2 Å². The van der Waals surface area contributed by atoms with Crippen molar-refractivity contribution in [1.29, 1.82) is 0 Å². The highest BCUT2D eigenvalue weighted by molar-refractivity contribution is 7.47. The van der Waals surface area contributed by atoms with Crippen LogP contribution in [0, 0.1) is 0 Å². The van der Waals surface area contributed by atoms with Gasteiger partial charge in [-0.05, 0) is 38.5 Å². The number of esters is 2. The Morgan fingerprint density at radius 1 is 0.484 bits per heavy atom. The van der Waals surface area contributed by atoms with E-state index in [4.69, 9.17) is 24.8 Å². The number of carboxylic acid groups (broad SMARTS) is 1. The Bertz CT molecular complexity index is 1110. The summed E-state index contributed by atoms with van der Waals surface area (Å²) < 4.78 is 32.8. The second-order valence-electron chi connectivity index (χ2n) is 17.7. The minimum atomic E-state index is -4.72. The van der Waals surface area contributed by atoms with Crippen LogP contribution in [0.2, 0.25) is 0 Å². The zero-order chi connectivity index (χ0) is 45.6. The summed E-state index contributed by atoms with van der Waals surface area (Å²) in [6, 6.07) is -1.52. The van der Waals surface area contributed by atoms with Crippen molar-refractivity contribution in [1.82, 2.24) is 0 Å². The molecule has 0 saturated carbocycles. The number of carbonyl (C=O) groups is 3. The van der Waals surface area contributed by atoms with E-state index >= 15 is 0 Å². The monoisotopic (exact) mass is 902 g/mol. The standard InChI is InChI=1S/C50H96NO10P/c1-3-5-7-9-11-13-15-17-19-20-21-22-23-24-25-26-28-29-31-33-35-37-39-41-48(52)58-43-46(44-59-62(56,57)60-45-47(51)50(54)55)61-49(53)42-40-38-36-34-32-30-27-18-16-14-12-10-8-6-4-2/h18,27,46-47H,3-17,19-26,28-45,51H2,1-2H3,(H,54,55)(H,56,57)/b27-18-. The van der Waals surface area contributed by atoms with Gasteiger partial charge < -0.3 is 25.2 Å². The highest BCUT2D eigenvalue weighted by atomic mass is 31.2. The fourth-order valence-electron chi connectivity index (χ4n) is 7.47. The van der Waals surface area contributed by atoms with Crippen LogP contribution in [-0.4, -0.2) is 59.9 Å². The Morgan fingerprint density at radius 3 is 1.18 bits per heavy atom. The van der Waals surface area contributed by atoms with Gasteiger partial charge in [0.15, 0.2) is 6.10 Å². The minimum Gasteiger partial charge on any atom is -0.480 e. The summed E-state index contributed by atoms with van der Waals surface area (Å²) in [5.41, 5.74) is 5.35. The first-order valence-corrected chi connectivity index (χ1v) is 27.2. The number of aliphatic carboxylic acids is 1. The second kappa shape index (κ2) is 45.8. The molecule has 0 aromatic heterocycles. The molecule has 12 heteroatoms. The van der Waals surface area contributed by atoms with Crippen molar-refractivity contribution in [3.05, 3.63) is 12.2 Å². The zero-order valence-corrected chi connectivity index (χ0v) is 40.9. The third kappa shape index (κ3) is 44.8. The van der Waals surface area contributed by atoms with Gasteiger partial charge in [0.05, 0.1) is 13.2 Å². The molecule has 0 saturated heterocycles. The molecule has 0 aliphatic rings. The van der Waals surface area contributed by atoms with E-state index in [9.17, 15) is 23.8 Å². The molecule has 0 fully saturated rings. The molecule has 0 spiro atoms. The number of rotatable bonds is 49. The summed E-state index contributed by atoms with van der Waals surface area (Å²) in [5.74, 6) is -2.37.